The van der Waals surface area contributed by atoms with Crippen LogP contribution in [0.3, 0.4) is 0 Å². The fraction of sp³-hybridized carbons (Fsp3) is 0.385. The van der Waals surface area contributed by atoms with Gasteiger partial charge in [-0.15, -0.1) is 0 Å². The van der Waals surface area contributed by atoms with Crippen LogP contribution in [-0.4, -0.2) is 57.0 Å². The molecule has 194 valence electrons. The molecule has 0 saturated carbocycles. The second kappa shape index (κ2) is 10.1. The van der Waals surface area contributed by atoms with Crippen molar-refractivity contribution in [3.63, 3.8) is 0 Å². The smallest absolute Gasteiger partial charge is 0.410 e. The fourth-order valence-electron chi connectivity index (χ4n) is 3.75. The fourth-order valence-corrected chi connectivity index (χ4v) is 3.75. The summed E-state index contributed by atoms with van der Waals surface area (Å²) in [5.74, 6) is -2.05. The van der Waals surface area contributed by atoms with Gasteiger partial charge in [0.25, 0.3) is 0 Å². The molecule has 1 aromatic heterocycles. The van der Waals surface area contributed by atoms with Gasteiger partial charge in [-0.1, -0.05) is 0 Å². The summed E-state index contributed by atoms with van der Waals surface area (Å²) in [6.07, 6.45) is 1.58. The summed E-state index contributed by atoms with van der Waals surface area (Å²) in [7, 11) is 0. The Balaban J connectivity index is 1.42. The van der Waals surface area contributed by atoms with Crippen molar-refractivity contribution in [3.05, 3.63) is 53.7 Å². The maximum absolute atomic E-state index is 14.2. The first-order chi connectivity index (χ1) is 17.5. The molecule has 37 heavy (non-hydrogen) atoms. The van der Waals surface area contributed by atoms with Gasteiger partial charge >= 0.3 is 6.09 Å². The number of halogens is 2. The van der Waals surface area contributed by atoms with Crippen molar-refractivity contribution in [3.8, 4) is 23.4 Å². The molecule has 1 fully saturated rings. The molecular weight excluding hydrogens is 486 g/mol. The van der Waals surface area contributed by atoms with Crippen molar-refractivity contribution >= 4 is 17.1 Å². The van der Waals surface area contributed by atoms with E-state index in [4.69, 9.17) is 19.5 Å². The first kappa shape index (κ1) is 26.0. The van der Waals surface area contributed by atoms with E-state index in [-0.39, 0.29) is 18.2 Å². The molecule has 2 aromatic carbocycles. The van der Waals surface area contributed by atoms with Gasteiger partial charge in [0.05, 0.1) is 17.2 Å². The zero-order chi connectivity index (χ0) is 26.8. The Labute approximate surface area is 212 Å². The van der Waals surface area contributed by atoms with Crippen LogP contribution < -0.4 is 9.47 Å². The standard InChI is InChI=1S/C26H26F2N4O5/c1-25(2,3)37-24(33)32-10-8-26(34,9-11-32)15-35-22-14-30-20-7-4-16(12-21(20)31-22)36-23-17(13-29)18(27)5-6-19(23)28/h4-7,12,14,34H,8-11,15H2,1-3H3. The van der Waals surface area contributed by atoms with E-state index in [1.807, 2.05) is 0 Å². The number of hydrogen-bond donors (Lipinski definition) is 1. The van der Waals surface area contributed by atoms with Crippen molar-refractivity contribution in [1.82, 2.24) is 14.9 Å². The summed E-state index contributed by atoms with van der Waals surface area (Å²) in [6.45, 7) is 5.96. The topological polar surface area (TPSA) is 118 Å². The monoisotopic (exact) mass is 512 g/mol. The van der Waals surface area contributed by atoms with Crippen molar-refractivity contribution < 1.29 is 32.9 Å². The van der Waals surface area contributed by atoms with Crippen molar-refractivity contribution in [2.75, 3.05) is 19.7 Å². The third kappa shape index (κ3) is 6.21. The van der Waals surface area contributed by atoms with E-state index in [9.17, 15) is 18.7 Å². The molecule has 0 spiro atoms. The molecule has 1 aliphatic rings. The number of likely N-dealkylation sites (tertiary alicyclic amines) is 1. The number of benzene rings is 2. The predicted octanol–water partition coefficient (Wildman–Crippen LogP) is 4.71. The van der Waals surface area contributed by atoms with Crippen molar-refractivity contribution in [2.24, 2.45) is 0 Å². The Kier molecular flexibility index (Phi) is 7.14. The summed E-state index contributed by atoms with van der Waals surface area (Å²) >= 11 is 0. The van der Waals surface area contributed by atoms with Gasteiger partial charge in [0, 0.05) is 19.2 Å². The highest BCUT2D eigenvalue weighted by atomic mass is 19.1. The van der Waals surface area contributed by atoms with E-state index in [0.29, 0.717) is 37.0 Å². The number of nitrogens with zero attached hydrogens (tertiary/aromatic N) is 4. The summed E-state index contributed by atoms with van der Waals surface area (Å²) in [4.78, 5) is 22.4. The number of piperidine rings is 1. The largest absolute Gasteiger partial charge is 0.473 e. The van der Waals surface area contributed by atoms with Gasteiger partial charge in [0.1, 0.15) is 41.0 Å². The highest BCUT2D eigenvalue weighted by molar-refractivity contribution is 5.76. The van der Waals surface area contributed by atoms with Crippen LogP contribution in [0.1, 0.15) is 39.2 Å². The Morgan fingerprint density at radius 2 is 1.86 bits per heavy atom. The number of nitriles is 1. The Morgan fingerprint density at radius 1 is 1.16 bits per heavy atom. The molecule has 0 unspecified atom stereocenters. The number of aromatic nitrogens is 2. The lowest BCUT2D eigenvalue weighted by molar-refractivity contribution is -0.0569. The van der Waals surface area contributed by atoms with Crippen LogP contribution in [0, 0.1) is 23.0 Å². The maximum Gasteiger partial charge on any atom is 0.410 e. The molecule has 0 bridgehead atoms. The summed E-state index contributed by atoms with van der Waals surface area (Å²) in [5, 5.41) is 20.1. The first-order valence-electron chi connectivity index (χ1n) is 11.6. The zero-order valence-corrected chi connectivity index (χ0v) is 20.6. The number of amides is 1. The minimum absolute atomic E-state index is 0.0639. The lowest BCUT2D eigenvalue weighted by Gasteiger charge is -2.38. The van der Waals surface area contributed by atoms with Crippen LogP contribution >= 0.6 is 0 Å². The molecule has 2 heterocycles. The summed E-state index contributed by atoms with van der Waals surface area (Å²) in [5.41, 5.74) is -1.48. The number of fused-ring (bicyclic) bond motifs is 1. The van der Waals surface area contributed by atoms with Gasteiger partial charge in [-0.2, -0.15) is 5.26 Å². The maximum atomic E-state index is 14.2. The lowest BCUT2D eigenvalue weighted by Crippen LogP contribution is -2.50. The van der Waals surface area contributed by atoms with Gasteiger partial charge in [0.15, 0.2) is 11.6 Å². The number of rotatable bonds is 5. The van der Waals surface area contributed by atoms with Crippen molar-refractivity contribution in [2.45, 2.75) is 44.8 Å². The first-order valence-corrected chi connectivity index (χ1v) is 11.6. The third-order valence-electron chi connectivity index (χ3n) is 5.72. The van der Waals surface area contributed by atoms with Gasteiger partial charge in [-0.3, -0.25) is 0 Å². The highest BCUT2D eigenvalue weighted by Crippen LogP contribution is 2.31. The summed E-state index contributed by atoms with van der Waals surface area (Å²) < 4.78 is 44.6. The molecule has 0 atom stereocenters. The molecule has 11 heteroatoms. The number of ether oxygens (including phenoxy) is 3. The average molecular weight is 513 g/mol. The van der Waals surface area contributed by atoms with E-state index in [1.165, 1.54) is 18.3 Å². The molecule has 1 aliphatic heterocycles. The molecular formula is C26H26F2N4O5. The van der Waals surface area contributed by atoms with Gasteiger partial charge < -0.3 is 24.2 Å². The molecule has 1 amide bonds. The highest BCUT2D eigenvalue weighted by Gasteiger charge is 2.36. The second-order valence-corrected chi connectivity index (χ2v) is 9.79. The van der Waals surface area contributed by atoms with Crippen LogP contribution in [0.15, 0.2) is 36.5 Å². The number of carbonyl (C=O) groups is 1. The quantitative estimate of drug-likeness (QED) is 0.522. The molecule has 1 saturated heterocycles. The second-order valence-electron chi connectivity index (χ2n) is 9.79. The van der Waals surface area contributed by atoms with E-state index in [0.717, 1.165) is 12.1 Å². The number of aliphatic hydroxyl groups is 1. The minimum Gasteiger partial charge on any atom is -0.473 e. The Bertz CT molecular complexity index is 1360. The molecule has 0 radical (unpaired) electrons. The molecule has 3 aromatic rings. The molecule has 9 nitrogen and oxygen atoms in total. The van der Waals surface area contributed by atoms with Gasteiger partial charge in [-0.05, 0) is 57.9 Å². The average Bonchev–Trinajstić information content (AvgIpc) is 2.84. The molecule has 4 rings (SSSR count). The van der Waals surface area contributed by atoms with Crippen LogP contribution in [0.5, 0.6) is 17.4 Å². The van der Waals surface area contributed by atoms with Crippen molar-refractivity contribution in [1.29, 1.82) is 5.26 Å². The third-order valence-corrected chi connectivity index (χ3v) is 5.72. The molecule has 1 N–H and O–H groups in total. The van der Waals surface area contributed by atoms with Crippen LogP contribution in [-0.2, 0) is 4.74 Å². The molecule has 0 aliphatic carbocycles. The normalized spacial score (nSPS) is 15.2. The van der Waals surface area contributed by atoms with Crippen LogP contribution in [0.2, 0.25) is 0 Å². The number of carbonyl (C=O) groups excluding carboxylic acids is 1. The Morgan fingerprint density at radius 3 is 2.54 bits per heavy atom. The van der Waals surface area contributed by atoms with E-state index < -0.39 is 40.2 Å². The van der Waals surface area contributed by atoms with Crippen LogP contribution in [0.25, 0.3) is 11.0 Å². The minimum atomic E-state index is -1.16. The van der Waals surface area contributed by atoms with Crippen LogP contribution in [0.4, 0.5) is 13.6 Å². The zero-order valence-electron chi connectivity index (χ0n) is 20.6. The predicted molar refractivity (Wildman–Crippen MR) is 128 cm³/mol. The van der Waals surface area contributed by atoms with Gasteiger partial charge in [0.2, 0.25) is 5.88 Å². The Hall–Kier alpha value is -4.04. The number of hydrogen-bond acceptors (Lipinski definition) is 8. The van der Waals surface area contributed by atoms with E-state index >= 15 is 0 Å². The van der Waals surface area contributed by atoms with Gasteiger partial charge in [-0.25, -0.2) is 23.5 Å². The van der Waals surface area contributed by atoms with E-state index in [1.54, 1.807) is 37.8 Å². The van der Waals surface area contributed by atoms with E-state index in [2.05, 4.69) is 9.97 Å². The SMILES string of the molecule is CC(C)(C)OC(=O)N1CCC(O)(COc2cnc3ccc(Oc4c(F)ccc(F)c4C#N)cc3n2)CC1. The summed E-state index contributed by atoms with van der Waals surface area (Å²) in [6, 6.07) is 7.85. The lowest BCUT2D eigenvalue weighted by atomic mass is 9.92.